The molecule has 1 aromatic rings. The molecule has 1 aromatic heterocycles. The molecular weight excluding hydrogens is 246 g/mol. The van der Waals surface area contributed by atoms with Gasteiger partial charge in [-0.1, -0.05) is 27.7 Å². The molecule has 1 saturated carbocycles. The summed E-state index contributed by atoms with van der Waals surface area (Å²) in [6.45, 7) is 10.3. The number of hydrogen-bond acceptors (Lipinski definition) is 2. The van der Waals surface area contributed by atoms with Crippen LogP contribution in [0.1, 0.15) is 77.4 Å². The van der Waals surface area contributed by atoms with Gasteiger partial charge in [0.2, 0.25) is 0 Å². The number of nitrogens with one attached hydrogen (secondary N) is 1. The van der Waals surface area contributed by atoms with Crippen LogP contribution in [0, 0.1) is 11.8 Å². The molecule has 0 saturated heterocycles. The zero-order chi connectivity index (χ0) is 14.5. The van der Waals surface area contributed by atoms with E-state index >= 15 is 0 Å². The largest absolute Gasteiger partial charge is 0.310 e. The van der Waals surface area contributed by atoms with Crippen molar-refractivity contribution in [3.8, 4) is 0 Å². The summed E-state index contributed by atoms with van der Waals surface area (Å²) >= 11 is 0. The van der Waals surface area contributed by atoms with Crippen molar-refractivity contribution in [2.24, 2.45) is 11.8 Å². The highest BCUT2D eigenvalue weighted by Crippen LogP contribution is 2.35. The summed E-state index contributed by atoms with van der Waals surface area (Å²) in [6, 6.07) is 1.06. The first-order valence-corrected chi connectivity index (χ1v) is 8.41. The Labute approximate surface area is 124 Å². The summed E-state index contributed by atoms with van der Waals surface area (Å²) in [5.41, 5.74) is 1.35. The second-order valence-corrected chi connectivity index (χ2v) is 6.74. The molecule has 3 unspecified atom stereocenters. The molecule has 1 heterocycles. The first kappa shape index (κ1) is 15.6. The highest BCUT2D eigenvalue weighted by atomic mass is 15.3. The van der Waals surface area contributed by atoms with Gasteiger partial charge >= 0.3 is 0 Å². The van der Waals surface area contributed by atoms with E-state index in [-0.39, 0.29) is 0 Å². The summed E-state index contributed by atoms with van der Waals surface area (Å²) < 4.78 is 2.23. The number of hydrogen-bond donors (Lipinski definition) is 1. The Kier molecular flexibility index (Phi) is 5.64. The van der Waals surface area contributed by atoms with E-state index < -0.39 is 0 Å². The summed E-state index contributed by atoms with van der Waals surface area (Å²) in [5.74, 6) is 1.66. The third kappa shape index (κ3) is 3.85. The van der Waals surface area contributed by atoms with Crippen LogP contribution in [0.4, 0.5) is 0 Å². The number of nitrogens with zero attached hydrogens (tertiary/aromatic N) is 2. The molecule has 114 valence electrons. The van der Waals surface area contributed by atoms with Gasteiger partial charge in [0.25, 0.3) is 0 Å². The Bertz CT molecular complexity index is 389. The maximum absolute atomic E-state index is 4.66. The lowest BCUT2D eigenvalue weighted by Crippen LogP contribution is -2.23. The van der Waals surface area contributed by atoms with Crippen LogP contribution in [0.25, 0.3) is 0 Å². The normalized spacial score (nSPS) is 28.5. The summed E-state index contributed by atoms with van der Waals surface area (Å²) in [6.07, 6.45) is 10.6. The molecule has 3 atom stereocenters. The average Bonchev–Trinajstić information content (AvgIpc) is 2.88. The van der Waals surface area contributed by atoms with Crippen molar-refractivity contribution in [2.45, 2.75) is 71.9 Å². The van der Waals surface area contributed by atoms with Gasteiger partial charge in [0.1, 0.15) is 0 Å². The number of rotatable bonds is 6. The van der Waals surface area contributed by atoms with Crippen molar-refractivity contribution in [3.05, 3.63) is 18.0 Å². The standard InChI is InChI=1S/C17H31N3/c1-5-7-18-17(6-2)15-11-19-20(12-15)16-9-13(3)8-14(4)10-16/h11-14,16-18H,5-10H2,1-4H3. The minimum atomic E-state index is 0.460. The van der Waals surface area contributed by atoms with Crippen LogP contribution in [-0.2, 0) is 0 Å². The van der Waals surface area contributed by atoms with Crippen LogP contribution in [-0.4, -0.2) is 16.3 Å². The molecule has 0 bridgehead atoms. The molecule has 2 rings (SSSR count). The van der Waals surface area contributed by atoms with Crippen molar-refractivity contribution in [2.75, 3.05) is 6.54 Å². The molecule has 0 spiro atoms. The Morgan fingerprint density at radius 3 is 2.55 bits per heavy atom. The van der Waals surface area contributed by atoms with Gasteiger partial charge in [-0.25, -0.2) is 0 Å². The van der Waals surface area contributed by atoms with E-state index in [0.29, 0.717) is 12.1 Å². The van der Waals surface area contributed by atoms with Crippen molar-refractivity contribution >= 4 is 0 Å². The smallest absolute Gasteiger partial charge is 0.0537 e. The second kappa shape index (κ2) is 7.26. The van der Waals surface area contributed by atoms with Gasteiger partial charge in [-0.15, -0.1) is 0 Å². The third-order valence-corrected chi connectivity index (χ3v) is 4.60. The van der Waals surface area contributed by atoms with E-state index in [9.17, 15) is 0 Å². The van der Waals surface area contributed by atoms with E-state index in [1.165, 1.54) is 31.2 Å². The molecule has 0 aromatic carbocycles. The summed E-state index contributed by atoms with van der Waals surface area (Å²) in [7, 11) is 0. The summed E-state index contributed by atoms with van der Waals surface area (Å²) in [5, 5.41) is 8.28. The van der Waals surface area contributed by atoms with E-state index in [0.717, 1.165) is 24.8 Å². The molecular formula is C17H31N3. The third-order valence-electron chi connectivity index (χ3n) is 4.60. The molecule has 20 heavy (non-hydrogen) atoms. The van der Waals surface area contributed by atoms with Crippen molar-refractivity contribution in [1.29, 1.82) is 0 Å². The van der Waals surface area contributed by atoms with Crippen LogP contribution < -0.4 is 5.32 Å². The van der Waals surface area contributed by atoms with Gasteiger partial charge in [0.05, 0.1) is 12.2 Å². The van der Waals surface area contributed by atoms with E-state index in [4.69, 9.17) is 0 Å². The lowest BCUT2D eigenvalue weighted by atomic mass is 9.80. The van der Waals surface area contributed by atoms with Crippen LogP contribution in [0.2, 0.25) is 0 Å². The maximum Gasteiger partial charge on any atom is 0.0537 e. The van der Waals surface area contributed by atoms with Gasteiger partial charge in [-0.3, -0.25) is 4.68 Å². The molecule has 3 heteroatoms. The molecule has 0 radical (unpaired) electrons. The van der Waals surface area contributed by atoms with Gasteiger partial charge in [0.15, 0.2) is 0 Å². The molecule has 0 aliphatic heterocycles. The van der Waals surface area contributed by atoms with E-state index in [1.54, 1.807) is 0 Å². The lowest BCUT2D eigenvalue weighted by molar-refractivity contribution is 0.210. The monoisotopic (exact) mass is 277 g/mol. The minimum absolute atomic E-state index is 0.460. The highest BCUT2D eigenvalue weighted by Gasteiger charge is 2.26. The Balaban J connectivity index is 2.03. The Hall–Kier alpha value is -0.830. The van der Waals surface area contributed by atoms with Crippen LogP contribution in [0.15, 0.2) is 12.4 Å². The van der Waals surface area contributed by atoms with E-state index in [2.05, 4.69) is 55.2 Å². The van der Waals surface area contributed by atoms with Gasteiger partial charge in [0, 0.05) is 17.8 Å². The van der Waals surface area contributed by atoms with Gasteiger partial charge in [-0.05, 0) is 50.5 Å². The first-order chi connectivity index (χ1) is 9.63. The molecule has 1 aliphatic rings. The van der Waals surface area contributed by atoms with Crippen LogP contribution >= 0.6 is 0 Å². The quantitative estimate of drug-likeness (QED) is 0.838. The predicted molar refractivity (Wildman–Crippen MR) is 84.8 cm³/mol. The fourth-order valence-electron chi connectivity index (χ4n) is 3.67. The average molecular weight is 277 g/mol. The van der Waals surface area contributed by atoms with Crippen LogP contribution in [0.5, 0.6) is 0 Å². The fourth-order valence-corrected chi connectivity index (χ4v) is 3.67. The van der Waals surface area contributed by atoms with Crippen molar-refractivity contribution in [1.82, 2.24) is 15.1 Å². The van der Waals surface area contributed by atoms with Gasteiger partial charge in [-0.2, -0.15) is 5.10 Å². The van der Waals surface area contributed by atoms with Crippen LogP contribution in [0.3, 0.4) is 0 Å². The zero-order valence-electron chi connectivity index (χ0n) is 13.6. The highest BCUT2D eigenvalue weighted by molar-refractivity contribution is 5.11. The van der Waals surface area contributed by atoms with Gasteiger partial charge < -0.3 is 5.32 Å². The Morgan fingerprint density at radius 1 is 1.25 bits per heavy atom. The molecule has 1 N–H and O–H groups in total. The van der Waals surface area contributed by atoms with Crippen molar-refractivity contribution < 1.29 is 0 Å². The van der Waals surface area contributed by atoms with Crippen molar-refractivity contribution in [3.63, 3.8) is 0 Å². The second-order valence-electron chi connectivity index (χ2n) is 6.74. The summed E-state index contributed by atoms with van der Waals surface area (Å²) in [4.78, 5) is 0. The fraction of sp³-hybridized carbons (Fsp3) is 0.824. The number of aromatic nitrogens is 2. The zero-order valence-corrected chi connectivity index (χ0v) is 13.6. The molecule has 3 nitrogen and oxygen atoms in total. The molecule has 1 aliphatic carbocycles. The Morgan fingerprint density at radius 2 is 1.95 bits per heavy atom. The topological polar surface area (TPSA) is 29.9 Å². The minimum Gasteiger partial charge on any atom is -0.310 e. The molecule has 0 amide bonds. The SMILES string of the molecule is CCCNC(CC)c1cnn(C2CC(C)CC(C)C2)c1. The maximum atomic E-state index is 4.66. The van der Waals surface area contributed by atoms with E-state index in [1.807, 2.05) is 0 Å². The first-order valence-electron chi connectivity index (χ1n) is 8.41. The predicted octanol–water partition coefficient (Wildman–Crippen LogP) is 4.33. The molecule has 1 fully saturated rings. The lowest BCUT2D eigenvalue weighted by Gasteiger charge is -2.31.